The fraction of sp³-hybridized carbons (Fsp3) is 0.400. The van der Waals surface area contributed by atoms with Gasteiger partial charge in [-0.2, -0.15) is 5.26 Å². The van der Waals surface area contributed by atoms with E-state index in [1.54, 1.807) is 0 Å². The van der Waals surface area contributed by atoms with E-state index in [0.717, 1.165) is 6.92 Å². The van der Waals surface area contributed by atoms with Gasteiger partial charge in [-0.05, 0) is 6.92 Å². The number of carboxylic acid groups (broad SMARTS) is 1. The number of hydrogen-bond donors (Lipinski definition) is 2. The molecule has 0 rings (SSSR count). The van der Waals surface area contributed by atoms with E-state index >= 15 is 0 Å². The largest absolute Gasteiger partial charge is 0.477 e. The van der Waals surface area contributed by atoms with Crippen LogP contribution in [0.15, 0.2) is 4.99 Å². The van der Waals surface area contributed by atoms with Crippen LogP contribution in [0.5, 0.6) is 0 Å². The maximum Gasteiger partial charge on any atom is 0.346 e. The first-order valence-electron chi connectivity index (χ1n) is 2.40. The lowest BCUT2D eigenvalue weighted by Crippen LogP contribution is -2.18. The quantitative estimate of drug-likeness (QED) is 0.396. The van der Waals surface area contributed by atoms with Gasteiger partial charge in [-0.3, -0.25) is 0 Å². The maximum atomic E-state index is 9.79. The highest BCUT2D eigenvalue weighted by Crippen LogP contribution is 1.99. The van der Waals surface area contributed by atoms with Crippen LogP contribution < -0.4 is 0 Å². The Kier molecular flexibility index (Phi) is 2.52. The standard InChI is InChI=1S/C5H6N2O3/c1-5(10,3-6)7-2-4(8)9/h2,10H,1H3,(H,8,9). The van der Waals surface area contributed by atoms with Gasteiger partial charge in [0.25, 0.3) is 0 Å². The number of aliphatic imine (C=N–C) groups is 1. The summed E-state index contributed by atoms with van der Waals surface area (Å²) in [4.78, 5) is 12.8. The zero-order valence-corrected chi connectivity index (χ0v) is 5.27. The number of hydrogen-bond acceptors (Lipinski definition) is 4. The summed E-state index contributed by atoms with van der Waals surface area (Å²) in [6, 6.07) is 1.39. The van der Waals surface area contributed by atoms with Gasteiger partial charge in [0.05, 0.1) is 0 Å². The zero-order chi connectivity index (χ0) is 8.20. The van der Waals surface area contributed by atoms with Crippen molar-refractivity contribution >= 4 is 12.2 Å². The van der Waals surface area contributed by atoms with Gasteiger partial charge >= 0.3 is 5.97 Å². The van der Waals surface area contributed by atoms with Crippen molar-refractivity contribution in [3.63, 3.8) is 0 Å². The molecular weight excluding hydrogens is 136 g/mol. The Labute approximate surface area is 57.2 Å². The summed E-state index contributed by atoms with van der Waals surface area (Å²) in [6.45, 7) is 1.09. The number of nitriles is 1. The zero-order valence-electron chi connectivity index (χ0n) is 5.27. The normalized spacial score (nSPS) is 16.1. The van der Waals surface area contributed by atoms with E-state index < -0.39 is 11.7 Å². The first-order valence-corrected chi connectivity index (χ1v) is 2.40. The fourth-order valence-electron chi connectivity index (χ4n) is 0.210. The highest BCUT2D eigenvalue weighted by molar-refractivity contribution is 6.22. The molecule has 0 aromatic heterocycles. The van der Waals surface area contributed by atoms with Crippen LogP contribution in [0.2, 0.25) is 0 Å². The second-order valence-corrected chi connectivity index (χ2v) is 1.73. The minimum atomic E-state index is -1.93. The molecule has 54 valence electrons. The molecule has 5 heteroatoms. The number of carboxylic acids is 1. The van der Waals surface area contributed by atoms with Gasteiger partial charge in [0.15, 0.2) is 0 Å². The lowest BCUT2D eigenvalue weighted by molar-refractivity contribution is -0.128. The van der Waals surface area contributed by atoms with E-state index in [-0.39, 0.29) is 0 Å². The Bertz CT molecular complexity index is 201. The van der Waals surface area contributed by atoms with Gasteiger partial charge in [-0.25, -0.2) is 9.79 Å². The molecule has 5 nitrogen and oxygen atoms in total. The van der Waals surface area contributed by atoms with Crippen molar-refractivity contribution < 1.29 is 15.0 Å². The number of aliphatic hydroxyl groups is 1. The molecular formula is C5H6N2O3. The lowest BCUT2D eigenvalue weighted by Gasteiger charge is -2.04. The highest BCUT2D eigenvalue weighted by Gasteiger charge is 2.15. The molecule has 0 amide bonds. The Balaban J connectivity index is 4.16. The lowest BCUT2D eigenvalue weighted by atomic mass is 10.3. The first-order chi connectivity index (χ1) is 4.48. The van der Waals surface area contributed by atoms with Crippen molar-refractivity contribution in [3.8, 4) is 6.07 Å². The van der Waals surface area contributed by atoms with Crippen molar-refractivity contribution in [1.29, 1.82) is 5.26 Å². The Morgan fingerprint density at radius 2 is 2.40 bits per heavy atom. The van der Waals surface area contributed by atoms with Gasteiger partial charge in [0, 0.05) is 0 Å². The number of nitrogens with zero attached hydrogens (tertiary/aromatic N) is 2. The Hall–Kier alpha value is -1.41. The van der Waals surface area contributed by atoms with E-state index in [1.807, 2.05) is 0 Å². The van der Waals surface area contributed by atoms with E-state index in [1.165, 1.54) is 6.07 Å². The van der Waals surface area contributed by atoms with Crippen LogP contribution in [0, 0.1) is 11.3 Å². The molecule has 1 atom stereocenters. The van der Waals surface area contributed by atoms with Gasteiger partial charge in [-0.1, -0.05) is 0 Å². The van der Waals surface area contributed by atoms with E-state index in [9.17, 15) is 4.79 Å². The van der Waals surface area contributed by atoms with Gasteiger partial charge in [0.2, 0.25) is 5.72 Å². The SMILES string of the molecule is CC(O)(C#N)N=CC(=O)O. The maximum absolute atomic E-state index is 9.79. The molecule has 2 N–H and O–H groups in total. The summed E-state index contributed by atoms with van der Waals surface area (Å²) in [5.74, 6) is -1.30. The third-order valence-corrected chi connectivity index (χ3v) is 0.638. The van der Waals surface area contributed by atoms with E-state index in [4.69, 9.17) is 15.5 Å². The molecule has 0 aliphatic carbocycles. The molecule has 0 aromatic rings. The van der Waals surface area contributed by atoms with Crippen LogP contribution in [0.3, 0.4) is 0 Å². The van der Waals surface area contributed by atoms with Gasteiger partial charge in [0.1, 0.15) is 12.3 Å². The van der Waals surface area contributed by atoms with Gasteiger partial charge < -0.3 is 10.2 Å². The molecule has 0 fully saturated rings. The summed E-state index contributed by atoms with van der Waals surface area (Å²) < 4.78 is 0. The molecule has 0 aliphatic heterocycles. The molecule has 1 unspecified atom stereocenters. The third kappa shape index (κ3) is 3.57. The summed E-state index contributed by atoms with van der Waals surface area (Å²) >= 11 is 0. The molecule has 0 aromatic carbocycles. The van der Waals surface area contributed by atoms with Crippen LogP contribution in [-0.2, 0) is 4.79 Å². The third-order valence-electron chi connectivity index (χ3n) is 0.638. The summed E-state index contributed by atoms with van der Waals surface area (Å²) in [6.07, 6.45) is 0.475. The Morgan fingerprint density at radius 3 is 2.70 bits per heavy atom. The van der Waals surface area contributed by atoms with Crippen molar-refractivity contribution in [2.75, 3.05) is 0 Å². The van der Waals surface area contributed by atoms with Crippen LogP contribution in [0.25, 0.3) is 0 Å². The fourth-order valence-corrected chi connectivity index (χ4v) is 0.210. The van der Waals surface area contributed by atoms with Crippen molar-refractivity contribution in [3.05, 3.63) is 0 Å². The Morgan fingerprint density at radius 1 is 1.90 bits per heavy atom. The average Bonchev–Trinajstić information content (AvgIpc) is 1.85. The predicted octanol–water partition coefficient (Wildman–Crippen LogP) is -0.626. The predicted molar refractivity (Wildman–Crippen MR) is 32.4 cm³/mol. The second-order valence-electron chi connectivity index (χ2n) is 1.73. The molecule has 0 heterocycles. The minimum Gasteiger partial charge on any atom is -0.477 e. The summed E-state index contributed by atoms with van der Waals surface area (Å²) in [5, 5.41) is 24.9. The molecule has 0 saturated heterocycles. The van der Waals surface area contributed by atoms with Crippen LogP contribution >= 0.6 is 0 Å². The highest BCUT2D eigenvalue weighted by atomic mass is 16.4. The van der Waals surface area contributed by atoms with Crippen molar-refractivity contribution in [2.24, 2.45) is 4.99 Å². The molecule has 0 radical (unpaired) electrons. The number of rotatable bonds is 2. The molecule has 10 heavy (non-hydrogen) atoms. The second kappa shape index (κ2) is 2.94. The van der Waals surface area contributed by atoms with Crippen molar-refractivity contribution in [1.82, 2.24) is 0 Å². The van der Waals surface area contributed by atoms with Crippen LogP contribution in [0.4, 0.5) is 0 Å². The van der Waals surface area contributed by atoms with E-state index in [2.05, 4.69) is 4.99 Å². The van der Waals surface area contributed by atoms with E-state index in [0.29, 0.717) is 6.21 Å². The minimum absolute atomic E-state index is 0.475. The average molecular weight is 142 g/mol. The molecule has 0 spiro atoms. The van der Waals surface area contributed by atoms with Gasteiger partial charge in [-0.15, -0.1) is 0 Å². The van der Waals surface area contributed by atoms with Crippen molar-refractivity contribution in [2.45, 2.75) is 12.6 Å². The smallest absolute Gasteiger partial charge is 0.346 e. The monoisotopic (exact) mass is 142 g/mol. The van der Waals surface area contributed by atoms with Crippen LogP contribution in [0.1, 0.15) is 6.92 Å². The van der Waals surface area contributed by atoms with Crippen LogP contribution in [-0.4, -0.2) is 28.1 Å². The number of aliphatic carboxylic acids is 1. The molecule has 0 saturated carbocycles. The first kappa shape index (κ1) is 8.59. The molecule has 0 aliphatic rings. The number of carbonyl (C=O) groups is 1. The summed E-state index contributed by atoms with van der Waals surface area (Å²) in [5.41, 5.74) is -1.93. The topological polar surface area (TPSA) is 93.7 Å². The molecule has 0 bridgehead atoms. The summed E-state index contributed by atoms with van der Waals surface area (Å²) in [7, 11) is 0.